The normalized spacial score (nSPS) is 17.0. The predicted molar refractivity (Wildman–Crippen MR) is 92.6 cm³/mol. The van der Waals surface area contributed by atoms with Crippen LogP contribution in [0.1, 0.15) is 29.2 Å². The minimum atomic E-state index is -4.40. The topological polar surface area (TPSA) is 74.8 Å². The van der Waals surface area contributed by atoms with Gasteiger partial charge in [-0.15, -0.1) is 0 Å². The van der Waals surface area contributed by atoms with Crippen molar-refractivity contribution in [1.29, 1.82) is 0 Å². The van der Waals surface area contributed by atoms with Crippen molar-refractivity contribution in [3.8, 4) is 5.75 Å². The zero-order valence-electron chi connectivity index (χ0n) is 13.7. The van der Waals surface area contributed by atoms with E-state index in [4.69, 9.17) is 4.42 Å². The van der Waals surface area contributed by atoms with E-state index in [1.54, 1.807) is 24.3 Å². The Morgan fingerprint density at radius 2 is 1.81 bits per heavy atom. The monoisotopic (exact) mass is 374 g/mol. The number of nitrogens with zero attached hydrogens (tertiary/aromatic N) is 1. The van der Waals surface area contributed by atoms with Crippen LogP contribution in [-0.4, -0.2) is 10.8 Å². The van der Waals surface area contributed by atoms with Gasteiger partial charge < -0.3 is 14.9 Å². The first-order valence-corrected chi connectivity index (χ1v) is 8.09. The molecule has 5 nitrogen and oxygen atoms in total. The molecule has 0 saturated heterocycles. The van der Waals surface area contributed by atoms with Crippen LogP contribution in [0.15, 0.2) is 62.8 Å². The zero-order valence-corrected chi connectivity index (χ0v) is 13.7. The van der Waals surface area contributed by atoms with E-state index >= 15 is 0 Å². The molecule has 8 heteroatoms. The van der Waals surface area contributed by atoms with Gasteiger partial charge in [0.2, 0.25) is 0 Å². The standard InChI is InChI=1S/C19H13F3N2O3/c20-19(21,22)11-7-5-10(6-8-11)13-9-14(24-23-13)16-17(25)12-3-1-2-4-15(12)27-18(16)26/h1-8,13,23,25H,9H2. The third-order valence-electron chi connectivity index (χ3n) is 4.47. The van der Waals surface area contributed by atoms with Crippen molar-refractivity contribution in [2.24, 2.45) is 5.10 Å². The SMILES string of the molecule is O=c1oc2ccccc2c(O)c1C1=NNC(c2ccc(C(F)(F)F)cc2)C1. The second-order valence-electron chi connectivity index (χ2n) is 6.17. The van der Waals surface area contributed by atoms with Crippen LogP contribution in [0.5, 0.6) is 5.75 Å². The van der Waals surface area contributed by atoms with Gasteiger partial charge in [0.15, 0.2) is 0 Å². The van der Waals surface area contributed by atoms with Crippen molar-refractivity contribution >= 4 is 16.7 Å². The summed E-state index contributed by atoms with van der Waals surface area (Å²) in [7, 11) is 0. The number of alkyl halides is 3. The lowest BCUT2D eigenvalue weighted by molar-refractivity contribution is -0.137. The molecular weight excluding hydrogens is 361 g/mol. The zero-order chi connectivity index (χ0) is 19.2. The molecule has 0 spiro atoms. The maximum Gasteiger partial charge on any atom is 0.416 e. The summed E-state index contributed by atoms with van der Waals surface area (Å²) < 4.78 is 43.3. The van der Waals surface area contributed by atoms with E-state index in [1.165, 1.54) is 12.1 Å². The van der Waals surface area contributed by atoms with E-state index in [0.717, 1.165) is 12.1 Å². The summed E-state index contributed by atoms with van der Waals surface area (Å²) in [4.78, 5) is 12.3. The molecule has 0 saturated carbocycles. The second kappa shape index (κ2) is 6.15. The molecule has 1 aliphatic heterocycles. The second-order valence-corrected chi connectivity index (χ2v) is 6.17. The molecule has 0 amide bonds. The van der Waals surface area contributed by atoms with Crippen molar-refractivity contribution in [2.45, 2.75) is 18.6 Å². The number of hydrogen-bond donors (Lipinski definition) is 2. The molecule has 2 aromatic carbocycles. The van der Waals surface area contributed by atoms with Gasteiger partial charge >= 0.3 is 11.8 Å². The number of halogens is 3. The maximum absolute atomic E-state index is 12.7. The van der Waals surface area contributed by atoms with Crippen LogP contribution in [0, 0.1) is 0 Å². The van der Waals surface area contributed by atoms with E-state index in [9.17, 15) is 23.1 Å². The molecule has 1 aromatic heterocycles. The molecule has 0 aliphatic carbocycles. The Labute approximate surface area is 150 Å². The van der Waals surface area contributed by atoms with Crippen LogP contribution in [0.4, 0.5) is 13.2 Å². The van der Waals surface area contributed by atoms with Crippen LogP contribution >= 0.6 is 0 Å². The maximum atomic E-state index is 12.7. The highest BCUT2D eigenvalue weighted by Gasteiger charge is 2.31. The number of hydrogen-bond acceptors (Lipinski definition) is 5. The number of benzene rings is 2. The van der Waals surface area contributed by atoms with Gasteiger partial charge in [-0.25, -0.2) is 4.79 Å². The quantitative estimate of drug-likeness (QED) is 0.666. The van der Waals surface area contributed by atoms with E-state index in [0.29, 0.717) is 10.9 Å². The largest absolute Gasteiger partial charge is 0.506 e. The summed E-state index contributed by atoms with van der Waals surface area (Å²) in [5.74, 6) is -0.226. The van der Waals surface area contributed by atoms with E-state index < -0.39 is 23.4 Å². The van der Waals surface area contributed by atoms with Crippen LogP contribution in [-0.2, 0) is 6.18 Å². The molecular formula is C19H13F3N2O3. The minimum absolute atomic E-state index is 0.0457. The fraction of sp³-hybridized carbons (Fsp3) is 0.158. The molecule has 0 radical (unpaired) electrons. The summed E-state index contributed by atoms with van der Waals surface area (Å²) in [6, 6.07) is 10.9. The summed E-state index contributed by atoms with van der Waals surface area (Å²) in [5.41, 5.74) is 2.43. The van der Waals surface area contributed by atoms with Crippen LogP contribution in [0.2, 0.25) is 0 Å². The Morgan fingerprint density at radius 3 is 2.52 bits per heavy atom. The average Bonchev–Trinajstić information content (AvgIpc) is 3.11. The van der Waals surface area contributed by atoms with Gasteiger partial charge in [-0.05, 0) is 29.8 Å². The highest BCUT2D eigenvalue weighted by atomic mass is 19.4. The fourth-order valence-corrected chi connectivity index (χ4v) is 3.08. The molecule has 1 atom stereocenters. The first-order chi connectivity index (χ1) is 12.8. The van der Waals surface area contributed by atoms with Crippen molar-refractivity contribution in [2.75, 3.05) is 0 Å². The first kappa shape index (κ1) is 17.1. The minimum Gasteiger partial charge on any atom is -0.506 e. The summed E-state index contributed by atoms with van der Waals surface area (Å²) in [6.07, 6.45) is -4.18. The molecule has 4 rings (SSSR count). The molecule has 138 valence electrons. The Hall–Kier alpha value is -3.29. The third-order valence-corrected chi connectivity index (χ3v) is 4.47. The van der Waals surface area contributed by atoms with Crippen molar-refractivity contribution in [3.05, 3.63) is 75.6 Å². The van der Waals surface area contributed by atoms with Gasteiger partial charge in [-0.2, -0.15) is 18.3 Å². The fourth-order valence-electron chi connectivity index (χ4n) is 3.08. The van der Waals surface area contributed by atoms with Gasteiger partial charge in [-0.3, -0.25) is 0 Å². The van der Waals surface area contributed by atoms with Gasteiger partial charge in [0.25, 0.3) is 0 Å². The first-order valence-electron chi connectivity index (χ1n) is 8.09. The molecule has 0 fully saturated rings. The summed E-state index contributed by atoms with van der Waals surface area (Å²) in [6.45, 7) is 0. The molecule has 3 aromatic rings. The highest BCUT2D eigenvalue weighted by molar-refractivity contribution is 6.06. The number of nitrogens with one attached hydrogen (secondary N) is 1. The number of rotatable bonds is 2. The number of fused-ring (bicyclic) bond motifs is 1. The van der Waals surface area contributed by atoms with Gasteiger partial charge in [0, 0.05) is 6.42 Å². The molecule has 27 heavy (non-hydrogen) atoms. The molecule has 1 unspecified atom stereocenters. The third kappa shape index (κ3) is 3.03. The number of para-hydroxylation sites is 1. The lowest BCUT2D eigenvalue weighted by atomic mass is 9.98. The van der Waals surface area contributed by atoms with Crippen molar-refractivity contribution in [1.82, 2.24) is 5.43 Å². The Morgan fingerprint density at radius 1 is 1.11 bits per heavy atom. The smallest absolute Gasteiger partial charge is 0.416 e. The van der Waals surface area contributed by atoms with Crippen LogP contribution in [0.3, 0.4) is 0 Å². The van der Waals surface area contributed by atoms with Crippen molar-refractivity contribution < 1.29 is 22.7 Å². The number of hydrazone groups is 1. The summed E-state index contributed by atoms with van der Waals surface area (Å²) >= 11 is 0. The molecule has 2 N–H and O–H groups in total. The van der Waals surface area contributed by atoms with Gasteiger partial charge in [0.1, 0.15) is 16.9 Å². The Kier molecular flexibility index (Phi) is 3.91. The van der Waals surface area contributed by atoms with E-state index in [1.807, 2.05) is 0 Å². The molecule has 2 heterocycles. The van der Waals surface area contributed by atoms with Crippen molar-refractivity contribution in [3.63, 3.8) is 0 Å². The predicted octanol–water partition coefficient (Wildman–Crippen LogP) is 3.96. The molecule has 1 aliphatic rings. The lowest BCUT2D eigenvalue weighted by Gasteiger charge is -2.12. The Bertz CT molecular complexity index is 1100. The summed E-state index contributed by atoms with van der Waals surface area (Å²) in [5, 5.41) is 14.9. The van der Waals surface area contributed by atoms with E-state index in [2.05, 4.69) is 10.5 Å². The lowest BCUT2D eigenvalue weighted by Crippen LogP contribution is -2.15. The highest BCUT2D eigenvalue weighted by Crippen LogP contribution is 2.33. The van der Waals surface area contributed by atoms with Gasteiger partial charge in [0.05, 0.1) is 22.7 Å². The van der Waals surface area contributed by atoms with E-state index in [-0.39, 0.29) is 29.0 Å². The average molecular weight is 374 g/mol. The van der Waals surface area contributed by atoms with Crippen LogP contribution < -0.4 is 11.1 Å². The number of aromatic hydroxyl groups is 1. The Balaban J connectivity index is 1.63. The van der Waals surface area contributed by atoms with Crippen LogP contribution in [0.25, 0.3) is 11.0 Å². The molecule has 0 bridgehead atoms. The van der Waals surface area contributed by atoms with Gasteiger partial charge in [-0.1, -0.05) is 24.3 Å².